The van der Waals surface area contributed by atoms with Crippen molar-refractivity contribution in [3.63, 3.8) is 0 Å². The topological polar surface area (TPSA) is 50.4 Å². The maximum atomic E-state index is 11.5. The van der Waals surface area contributed by atoms with Crippen LogP contribution in [0.3, 0.4) is 0 Å². The molecule has 1 amide bonds. The largest absolute Gasteiger partial charge is 0.489 e. The molecule has 20 heavy (non-hydrogen) atoms. The number of benzene rings is 1. The molecule has 1 atom stereocenters. The van der Waals surface area contributed by atoms with Crippen molar-refractivity contribution in [2.45, 2.75) is 32.8 Å². The molecule has 1 aromatic carbocycles. The van der Waals surface area contributed by atoms with Crippen LogP contribution in [0.25, 0.3) is 0 Å². The predicted octanol–water partition coefficient (Wildman–Crippen LogP) is 2.30. The zero-order chi connectivity index (χ0) is 14.1. The summed E-state index contributed by atoms with van der Waals surface area (Å²) in [5.74, 6) is 0.954. The standard InChI is InChI=1S/C15H24N2O2.ClH/c1-12-7-4-5-8-14(12)19-13(2)11-17-15(18)9-6-10-16-3;/h4-5,7-8,13,16H,6,9-11H2,1-3H3,(H,17,18);1H. The van der Waals surface area contributed by atoms with Crippen LogP contribution in [0.15, 0.2) is 24.3 Å². The second-order valence-corrected chi connectivity index (χ2v) is 4.71. The lowest BCUT2D eigenvalue weighted by atomic mass is 10.2. The molecule has 0 aliphatic rings. The van der Waals surface area contributed by atoms with Crippen LogP contribution in [-0.4, -0.2) is 32.1 Å². The van der Waals surface area contributed by atoms with Crippen LogP contribution in [0.1, 0.15) is 25.3 Å². The molecule has 1 rings (SSSR count). The minimum absolute atomic E-state index is 0. The molecule has 0 saturated heterocycles. The van der Waals surface area contributed by atoms with E-state index in [0.29, 0.717) is 13.0 Å². The van der Waals surface area contributed by atoms with E-state index < -0.39 is 0 Å². The summed E-state index contributed by atoms with van der Waals surface area (Å²) in [7, 11) is 1.88. The third kappa shape index (κ3) is 7.36. The van der Waals surface area contributed by atoms with Crippen molar-refractivity contribution in [3.8, 4) is 5.75 Å². The molecule has 0 aliphatic heterocycles. The summed E-state index contributed by atoms with van der Waals surface area (Å²) in [4.78, 5) is 11.5. The average Bonchev–Trinajstić information content (AvgIpc) is 2.39. The summed E-state index contributed by atoms with van der Waals surface area (Å²) in [6.07, 6.45) is 1.38. The van der Waals surface area contributed by atoms with E-state index in [2.05, 4.69) is 10.6 Å². The Hall–Kier alpha value is -1.26. The summed E-state index contributed by atoms with van der Waals surface area (Å²) in [6.45, 7) is 5.37. The van der Waals surface area contributed by atoms with E-state index in [1.54, 1.807) is 0 Å². The second kappa shape index (κ2) is 10.5. The SMILES string of the molecule is CNCCCC(=O)NCC(C)Oc1ccccc1C.Cl. The molecular formula is C15H25ClN2O2. The van der Waals surface area contributed by atoms with Crippen LogP contribution in [0.4, 0.5) is 0 Å². The van der Waals surface area contributed by atoms with Gasteiger partial charge in [-0.25, -0.2) is 0 Å². The maximum Gasteiger partial charge on any atom is 0.220 e. The first-order chi connectivity index (χ1) is 9.13. The molecule has 0 radical (unpaired) electrons. The molecule has 0 spiro atoms. The Bertz CT molecular complexity index is 399. The molecule has 5 heteroatoms. The summed E-state index contributed by atoms with van der Waals surface area (Å²) in [6, 6.07) is 7.89. The summed E-state index contributed by atoms with van der Waals surface area (Å²) in [5, 5.41) is 5.91. The Morgan fingerprint density at radius 2 is 2.05 bits per heavy atom. The molecule has 0 heterocycles. The van der Waals surface area contributed by atoms with Crippen molar-refractivity contribution in [2.75, 3.05) is 20.1 Å². The van der Waals surface area contributed by atoms with E-state index in [4.69, 9.17) is 4.74 Å². The van der Waals surface area contributed by atoms with Crippen LogP contribution in [0, 0.1) is 6.92 Å². The predicted molar refractivity (Wildman–Crippen MR) is 84.7 cm³/mol. The van der Waals surface area contributed by atoms with Crippen molar-refractivity contribution in [2.24, 2.45) is 0 Å². The van der Waals surface area contributed by atoms with Crippen molar-refractivity contribution in [1.29, 1.82) is 0 Å². The van der Waals surface area contributed by atoms with Gasteiger partial charge in [-0.1, -0.05) is 18.2 Å². The monoisotopic (exact) mass is 300 g/mol. The van der Waals surface area contributed by atoms with Gasteiger partial charge in [0.25, 0.3) is 0 Å². The van der Waals surface area contributed by atoms with Crippen molar-refractivity contribution >= 4 is 18.3 Å². The fourth-order valence-corrected chi connectivity index (χ4v) is 1.72. The Kier molecular flexibility index (Phi) is 9.86. The highest BCUT2D eigenvalue weighted by Crippen LogP contribution is 2.17. The molecule has 0 saturated carbocycles. The van der Waals surface area contributed by atoms with Crippen molar-refractivity contribution in [1.82, 2.24) is 10.6 Å². The minimum atomic E-state index is -0.0330. The van der Waals surface area contributed by atoms with E-state index in [1.807, 2.05) is 45.2 Å². The first-order valence-electron chi connectivity index (χ1n) is 6.77. The number of hydrogen-bond acceptors (Lipinski definition) is 3. The summed E-state index contributed by atoms with van der Waals surface area (Å²) < 4.78 is 5.79. The quantitative estimate of drug-likeness (QED) is 0.724. The van der Waals surface area contributed by atoms with Gasteiger partial charge in [-0.15, -0.1) is 12.4 Å². The van der Waals surface area contributed by atoms with Crippen LogP contribution in [0.5, 0.6) is 5.75 Å². The van der Waals surface area contributed by atoms with E-state index in [9.17, 15) is 4.79 Å². The lowest BCUT2D eigenvalue weighted by Crippen LogP contribution is -2.33. The number of halogens is 1. The highest BCUT2D eigenvalue weighted by molar-refractivity contribution is 5.85. The molecule has 0 aromatic heterocycles. The van der Waals surface area contributed by atoms with Gasteiger partial charge in [-0.3, -0.25) is 4.79 Å². The van der Waals surface area contributed by atoms with Gasteiger partial charge in [0, 0.05) is 6.42 Å². The number of amides is 1. The number of ether oxygens (including phenoxy) is 1. The number of nitrogens with one attached hydrogen (secondary N) is 2. The van der Waals surface area contributed by atoms with E-state index in [-0.39, 0.29) is 24.4 Å². The van der Waals surface area contributed by atoms with Crippen LogP contribution in [-0.2, 0) is 4.79 Å². The smallest absolute Gasteiger partial charge is 0.220 e. The van der Waals surface area contributed by atoms with Gasteiger partial charge in [0.15, 0.2) is 0 Å². The van der Waals surface area contributed by atoms with Gasteiger partial charge < -0.3 is 15.4 Å². The summed E-state index contributed by atoms with van der Waals surface area (Å²) >= 11 is 0. The van der Waals surface area contributed by atoms with Gasteiger partial charge in [-0.2, -0.15) is 0 Å². The number of carbonyl (C=O) groups excluding carboxylic acids is 1. The Morgan fingerprint density at radius 1 is 1.35 bits per heavy atom. The van der Waals surface area contributed by atoms with Gasteiger partial charge in [-0.05, 0) is 45.5 Å². The number of aryl methyl sites for hydroxylation is 1. The Balaban J connectivity index is 0.00000361. The number of rotatable bonds is 8. The lowest BCUT2D eigenvalue weighted by Gasteiger charge is -2.17. The number of carbonyl (C=O) groups is 1. The van der Waals surface area contributed by atoms with E-state index in [0.717, 1.165) is 24.3 Å². The third-order valence-corrected chi connectivity index (χ3v) is 2.84. The summed E-state index contributed by atoms with van der Waals surface area (Å²) in [5.41, 5.74) is 1.11. The molecule has 1 unspecified atom stereocenters. The first kappa shape index (κ1) is 18.7. The first-order valence-corrected chi connectivity index (χ1v) is 6.77. The average molecular weight is 301 g/mol. The zero-order valence-electron chi connectivity index (χ0n) is 12.4. The van der Waals surface area contributed by atoms with E-state index in [1.165, 1.54) is 0 Å². The van der Waals surface area contributed by atoms with E-state index >= 15 is 0 Å². The highest BCUT2D eigenvalue weighted by Gasteiger charge is 2.08. The zero-order valence-corrected chi connectivity index (χ0v) is 13.3. The van der Waals surface area contributed by atoms with Crippen LogP contribution >= 0.6 is 12.4 Å². The molecular weight excluding hydrogens is 276 g/mol. The number of hydrogen-bond donors (Lipinski definition) is 2. The maximum absolute atomic E-state index is 11.5. The fraction of sp³-hybridized carbons (Fsp3) is 0.533. The van der Waals surface area contributed by atoms with Gasteiger partial charge >= 0.3 is 0 Å². The Labute approximate surface area is 127 Å². The highest BCUT2D eigenvalue weighted by atomic mass is 35.5. The third-order valence-electron chi connectivity index (χ3n) is 2.84. The number of para-hydroxylation sites is 1. The normalized spacial score (nSPS) is 11.3. The van der Waals surface area contributed by atoms with Crippen molar-refractivity contribution < 1.29 is 9.53 Å². The molecule has 0 aliphatic carbocycles. The van der Waals surface area contributed by atoms with Gasteiger partial charge in [0.1, 0.15) is 11.9 Å². The molecule has 114 valence electrons. The molecule has 2 N–H and O–H groups in total. The van der Waals surface area contributed by atoms with Gasteiger partial charge in [0.2, 0.25) is 5.91 Å². The second-order valence-electron chi connectivity index (χ2n) is 4.71. The molecule has 1 aromatic rings. The Morgan fingerprint density at radius 3 is 2.70 bits per heavy atom. The molecule has 4 nitrogen and oxygen atoms in total. The fourth-order valence-electron chi connectivity index (χ4n) is 1.72. The molecule has 0 bridgehead atoms. The van der Waals surface area contributed by atoms with Crippen LogP contribution < -0.4 is 15.4 Å². The lowest BCUT2D eigenvalue weighted by molar-refractivity contribution is -0.121. The van der Waals surface area contributed by atoms with Crippen LogP contribution in [0.2, 0.25) is 0 Å². The minimum Gasteiger partial charge on any atom is -0.489 e. The van der Waals surface area contributed by atoms with Gasteiger partial charge in [0.05, 0.1) is 6.54 Å². The van der Waals surface area contributed by atoms with Crippen molar-refractivity contribution in [3.05, 3.63) is 29.8 Å². The molecule has 0 fully saturated rings.